The predicted octanol–water partition coefficient (Wildman–Crippen LogP) is 4.37. The molecule has 0 bridgehead atoms. The molecular weight excluding hydrogens is 268 g/mol. The van der Waals surface area contributed by atoms with Crippen LogP contribution in [0.25, 0.3) is 0 Å². The van der Waals surface area contributed by atoms with E-state index in [0.29, 0.717) is 17.4 Å². The third-order valence-electron chi connectivity index (χ3n) is 4.40. The van der Waals surface area contributed by atoms with Crippen molar-refractivity contribution in [3.8, 4) is 5.75 Å². The summed E-state index contributed by atoms with van der Waals surface area (Å²) in [5, 5.41) is 14.6. The van der Waals surface area contributed by atoms with Crippen LogP contribution >= 0.6 is 0 Å². The van der Waals surface area contributed by atoms with Crippen LogP contribution in [0, 0.1) is 16.0 Å². The predicted molar refractivity (Wildman–Crippen MR) is 83.9 cm³/mol. The van der Waals surface area contributed by atoms with E-state index < -0.39 is 0 Å². The van der Waals surface area contributed by atoms with E-state index in [4.69, 9.17) is 4.74 Å². The Balaban J connectivity index is 2.20. The summed E-state index contributed by atoms with van der Waals surface area (Å²) in [6, 6.07) is 5.15. The van der Waals surface area contributed by atoms with Crippen LogP contribution in [0.1, 0.15) is 45.4 Å². The summed E-state index contributed by atoms with van der Waals surface area (Å²) < 4.78 is 5.19. The fourth-order valence-electron chi connectivity index (χ4n) is 3.21. The number of hydrogen-bond acceptors (Lipinski definition) is 4. The highest BCUT2D eigenvalue weighted by Gasteiger charge is 2.25. The van der Waals surface area contributed by atoms with Gasteiger partial charge in [0.1, 0.15) is 11.4 Å². The first kappa shape index (κ1) is 15.6. The first-order valence-corrected chi connectivity index (χ1v) is 7.74. The molecule has 0 aromatic heterocycles. The number of rotatable bonds is 6. The number of hydrogen-bond donors (Lipinski definition) is 1. The lowest BCUT2D eigenvalue weighted by atomic mass is 9.83. The lowest BCUT2D eigenvalue weighted by Gasteiger charge is -2.31. The second-order valence-electron chi connectivity index (χ2n) is 5.70. The largest absolute Gasteiger partial charge is 0.497 e. The maximum atomic E-state index is 11.2. The quantitative estimate of drug-likeness (QED) is 0.624. The topological polar surface area (TPSA) is 64.4 Å². The number of methoxy groups -OCH3 is 1. The smallest absolute Gasteiger partial charge is 0.292 e. The number of nitrogens with one attached hydrogen (secondary N) is 1. The van der Waals surface area contributed by atoms with Gasteiger partial charge in [-0.3, -0.25) is 10.1 Å². The molecule has 2 rings (SSSR count). The molecule has 1 saturated carbocycles. The zero-order chi connectivity index (χ0) is 15.2. The van der Waals surface area contributed by atoms with E-state index in [1.165, 1.54) is 38.2 Å². The molecular formula is C16H24N2O3. The number of nitro groups is 1. The Kier molecular flexibility index (Phi) is 5.42. The standard InChI is InChI=1S/C16H24N2O3/c1-3-14(12-7-5-4-6-8-12)17-15-11-13(21-2)9-10-16(15)18(19)20/h9-12,14,17H,3-8H2,1-2H3. The molecule has 5 heteroatoms. The van der Waals surface area contributed by atoms with E-state index in [2.05, 4.69) is 12.2 Å². The van der Waals surface area contributed by atoms with Crippen molar-refractivity contribution in [3.05, 3.63) is 28.3 Å². The molecule has 5 nitrogen and oxygen atoms in total. The number of benzene rings is 1. The van der Waals surface area contributed by atoms with Gasteiger partial charge >= 0.3 is 0 Å². The normalized spacial score (nSPS) is 17.2. The third kappa shape index (κ3) is 3.86. The van der Waals surface area contributed by atoms with Gasteiger partial charge in [-0.25, -0.2) is 0 Å². The van der Waals surface area contributed by atoms with Gasteiger partial charge in [0.25, 0.3) is 5.69 Å². The van der Waals surface area contributed by atoms with Crippen LogP contribution in [0.2, 0.25) is 0 Å². The minimum absolute atomic E-state index is 0.116. The van der Waals surface area contributed by atoms with Crippen molar-refractivity contribution >= 4 is 11.4 Å². The molecule has 0 aliphatic heterocycles. The van der Waals surface area contributed by atoms with Crippen LogP contribution in [-0.4, -0.2) is 18.1 Å². The fraction of sp³-hybridized carbons (Fsp3) is 0.625. The molecule has 0 saturated heterocycles. The van der Waals surface area contributed by atoms with Crippen LogP contribution in [0.3, 0.4) is 0 Å². The summed E-state index contributed by atoms with van der Waals surface area (Å²) in [7, 11) is 1.57. The summed E-state index contributed by atoms with van der Waals surface area (Å²) in [6.07, 6.45) is 7.24. The number of ether oxygens (including phenoxy) is 1. The van der Waals surface area contributed by atoms with Gasteiger partial charge in [-0.1, -0.05) is 26.2 Å². The van der Waals surface area contributed by atoms with Gasteiger partial charge < -0.3 is 10.1 Å². The summed E-state index contributed by atoms with van der Waals surface area (Å²) in [5.74, 6) is 1.25. The summed E-state index contributed by atoms with van der Waals surface area (Å²) >= 11 is 0. The van der Waals surface area contributed by atoms with Gasteiger partial charge in [-0.15, -0.1) is 0 Å². The third-order valence-corrected chi connectivity index (χ3v) is 4.40. The van der Waals surface area contributed by atoms with Crippen molar-refractivity contribution in [2.45, 2.75) is 51.5 Å². The Morgan fingerprint density at radius 3 is 2.67 bits per heavy atom. The van der Waals surface area contributed by atoms with Crippen molar-refractivity contribution in [1.29, 1.82) is 0 Å². The Hall–Kier alpha value is -1.78. The van der Waals surface area contributed by atoms with E-state index in [0.717, 1.165) is 6.42 Å². The summed E-state index contributed by atoms with van der Waals surface area (Å²) in [5.41, 5.74) is 0.682. The molecule has 1 atom stereocenters. The van der Waals surface area contributed by atoms with Crippen LogP contribution in [0.4, 0.5) is 11.4 Å². The van der Waals surface area contributed by atoms with E-state index in [-0.39, 0.29) is 16.7 Å². The summed E-state index contributed by atoms with van der Waals surface area (Å²) in [6.45, 7) is 2.14. The lowest BCUT2D eigenvalue weighted by molar-refractivity contribution is -0.384. The second-order valence-corrected chi connectivity index (χ2v) is 5.70. The molecule has 0 heterocycles. The molecule has 1 unspecified atom stereocenters. The molecule has 21 heavy (non-hydrogen) atoms. The highest BCUT2D eigenvalue weighted by atomic mass is 16.6. The molecule has 0 amide bonds. The lowest BCUT2D eigenvalue weighted by Crippen LogP contribution is -2.30. The molecule has 116 valence electrons. The Bertz CT molecular complexity index is 484. The molecule has 1 aliphatic rings. The maximum absolute atomic E-state index is 11.2. The van der Waals surface area contributed by atoms with E-state index in [1.807, 2.05) is 0 Å². The van der Waals surface area contributed by atoms with Gasteiger partial charge in [0.2, 0.25) is 0 Å². The first-order valence-electron chi connectivity index (χ1n) is 7.74. The van der Waals surface area contributed by atoms with Crippen LogP contribution < -0.4 is 10.1 Å². The zero-order valence-corrected chi connectivity index (χ0v) is 12.8. The molecule has 0 spiro atoms. The molecule has 1 N–H and O–H groups in total. The van der Waals surface area contributed by atoms with Gasteiger partial charge in [0, 0.05) is 18.2 Å². The average molecular weight is 292 g/mol. The SMILES string of the molecule is CCC(Nc1cc(OC)ccc1[N+](=O)[O-])C1CCCCC1. The van der Waals surface area contributed by atoms with E-state index >= 15 is 0 Å². The van der Waals surface area contributed by atoms with Crippen molar-refractivity contribution < 1.29 is 9.66 Å². The van der Waals surface area contributed by atoms with Crippen molar-refractivity contribution in [1.82, 2.24) is 0 Å². The number of nitro benzene ring substituents is 1. The Morgan fingerprint density at radius 2 is 2.10 bits per heavy atom. The molecule has 1 aromatic rings. The average Bonchev–Trinajstić information content (AvgIpc) is 2.53. The van der Waals surface area contributed by atoms with Gasteiger partial charge in [0.05, 0.1) is 12.0 Å². The monoisotopic (exact) mass is 292 g/mol. The first-order chi connectivity index (χ1) is 10.2. The fourth-order valence-corrected chi connectivity index (χ4v) is 3.21. The summed E-state index contributed by atoms with van der Waals surface area (Å²) in [4.78, 5) is 10.9. The van der Waals surface area contributed by atoms with Crippen LogP contribution in [0.15, 0.2) is 18.2 Å². The second kappa shape index (κ2) is 7.29. The molecule has 0 radical (unpaired) electrons. The van der Waals surface area contributed by atoms with E-state index in [1.54, 1.807) is 19.2 Å². The van der Waals surface area contributed by atoms with Crippen LogP contribution in [0.5, 0.6) is 5.75 Å². The zero-order valence-electron chi connectivity index (χ0n) is 12.8. The van der Waals surface area contributed by atoms with Crippen molar-refractivity contribution in [3.63, 3.8) is 0 Å². The number of anilines is 1. The molecule has 1 fully saturated rings. The van der Waals surface area contributed by atoms with Gasteiger partial charge in [-0.2, -0.15) is 0 Å². The Labute approximate surface area is 125 Å². The van der Waals surface area contributed by atoms with Gasteiger partial charge in [0.15, 0.2) is 0 Å². The Morgan fingerprint density at radius 1 is 1.38 bits per heavy atom. The van der Waals surface area contributed by atoms with Gasteiger partial charge in [-0.05, 0) is 31.2 Å². The maximum Gasteiger partial charge on any atom is 0.292 e. The molecule has 1 aliphatic carbocycles. The minimum Gasteiger partial charge on any atom is -0.497 e. The van der Waals surface area contributed by atoms with Crippen molar-refractivity contribution in [2.24, 2.45) is 5.92 Å². The highest BCUT2D eigenvalue weighted by Crippen LogP contribution is 2.34. The van der Waals surface area contributed by atoms with Crippen molar-refractivity contribution in [2.75, 3.05) is 12.4 Å². The highest BCUT2D eigenvalue weighted by molar-refractivity contribution is 5.64. The molecule has 1 aromatic carbocycles. The number of nitrogens with zero attached hydrogens (tertiary/aromatic N) is 1. The van der Waals surface area contributed by atoms with E-state index in [9.17, 15) is 10.1 Å². The van der Waals surface area contributed by atoms with Crippen LogP contribution in [-0.2, 0) is 0 Å². The minimum atomic E-state index is -0.338.